The van der Waals surface area contributed by atoms with E-state index in [9.17, 15) is 9.90 Å². The van der Waals surface area contributed by atoms with E-state index in [-0.39, 0.29) is 22.5 Å². The Kier molecular flexibility index (Phi) is 6.09. The molecule has 3 N–H and O–H groups in total. The molecule has 6 heteroatoms. The first kappa shape index (κ1) is 14.9. The molecule has 0 aliphatic carbocycles. The van der Waals surface area contributed by atoms with E-state index in [1.165, 1.54) is 12.1 Å². The fraction of sp³-hybridized carbons (Fsp3) is 0.417. The Morgan fingerprint density at radius 3 is 2.72 bits per heavy atom. The van der Waals surface area contributed by atoms with Crippen LogP contribution < -0.4 is 10.6 Å². The van der Waals surface area contributed by atoms with Crippen LogP contribution in [-0.4, -0.2) is 17.7 Å². The van der Waals surface area contributed by atoms with Crippen LogP contribution in [0.2, 0.25) is 10.0 Å². The van der Waals surface area contributed by atoms with Crippen LogP contribution >= 0.6 is 23.2 Å². The summed E-state index contributed by atoms with van der Waals surface area (Å²) in [4.78, 5) is 11.5. The van der Waals surface area contributed by atoms with Crippen molar-refractivity contribution in [2.24, 2.45) is 0 Å². The van der Waals surface area contributed by atoms with Crippen LogP contribution in [0.15, 0.2) is 12.1 Å². The molecule has 0 saturated carbocycles. The number of benzene rings is 1. The van der Waals surface area contributed by atoms with E-state index >= 15 is 0 Å². The average molecular weight is 291 g/mol. The number of rotatable bonds is 5. The number of aromatic hydroxyl groups is 1. The molecule has 1 aromatic carbocycles. The Balaban J connectivity index is 2.54. The van der Waals surface area contributed by atoms with Gasteiger partial charge in [0.25, 0.3) is 0 Å². The SMILES string of the molecule is CCCCCNC(=O)Nc1cc(Cl)cc(Cl)c1O. The third kappa shape index (κ3) is 4.63. The van der Waals surface area contributed by atoms with Gasteiger partial charge in [0.15, 0.2) is 5.75 Å². The quantitative estimate of drug-likeness (QED) is 0.567. The number of phenolic OH excluding ortho intramolecular Hbond substituents is 1. The number of carbonyl (C=O) groups is 1. The highest BCUT2D eigenvalue weighted by atomic mass is 35.5. The van der Waals surface area contributed by atoms with Gasteiger partial charge in [-0.15, -0.1) is 0 Å². The van der Waals surface area contributed by atoms with Gasteiger partial charge in [-0.3, -0.25) is 0 Å². The van der Waals surface area contributed by atoms with Crippen LogP contribution in [0.1, 0.15) is 26.2 Å². The number of hydrogen-bond donors (Lipinski definition) is 3. The lowest BCUT2D eigenvalue weighted by atomic mass is 10.2. The lowest BCUT2D eigenvalue weighted by molar-refractivity contribution is 0.252. The smallest absolute Gasteiger partial charge is 0.319 e. The molecule has 4 nitrogen and oxygen atoms in total. The second-order valence-corrected chi connectivity index (χ2v) is 4.72. The second kappa shape index (κ2) is 7.34. The number of urea groups is 1. The molecule has 2 amide bonds. The molecular weight excluding hydrogens is 275 g/mol. The predicted molar refractivity (Wildman–Crippen MR) is 74.7 cm³/mol. The van der Waals surface area contributed by atoms with Crippen molar-refractivity contribution in [3.8, 4) is 5.75 Å². The number of hydrogen-bond acceptors (Lipinski definition) is 2. The first-order chi connectivity index (χ1) is 8.54. The monoisotopic (exact) mass is 290 g/mol. The molecule has 0 aliphatic rings. The summed E-state index contributed by atoms with van der Waals surface area (Å²) in [7, 11) is 0. The van der Waals surface area contributed by atoms with Crippen molar-refractivity contribution in [2.75, 3.05) is 11.9 Å². The van der Waals surface area contributed by atoms with E-state index in [1.807, 2.05) is 0 Å². The molecule has 18 heavy (non-hydrogen) atoms. The van der Waals surface area contributed by atoms with Crippen LogP contribution in [-0.2, 0) is 0 Å². The Bertz CT molecular complexity index is 425. The molecule has 0 unspecified atom stereocenters. The number of amides is 2. The zero-order valence-electron chi connectivity index (χ0n) is 10.1. The van der Waals surface area contributed by atoms with Crippen molar-refractivity contribution in [3.63, 3.8) is 0 Å². The maximum Gasteiger partial charge on any atom is 0.319 e. The highest BCUT2D eigenvalue weighted by Crippen LogP contribution is 2.34. The molecule has 0 radical (unpaired) electrons. The number of carbonyl (C=O) groups excluding carboxylic acids is 1. The molecule has 0 spiro atoms. The summed E-state index contributed by atoms with van der Waals surface area (Å²) in [5.74, 6) is -0.190. The zero-order valence-corrected chi connectivity index (χ0v) is 11.6. The molecule has 0 atom stereocenters. The molecule has 0 aromatic heterocycles. The molecular formula is C12H16Cl2N2O2. The minimum absolute atomic E-state index is 0.101. The largest absolute Gasteiger partial charge is 0.504 e. The van der Waals surface area contributed by atoms with Crippen molar-refractivity contribution in [3.05, 3.63) is 22.2 Å². The molecule has 100 valence electrons. The number of nitrogens with one attached hydrogen (secondary N) is 2. The van der Waals surface area contributed by atoms with Crippen molar-refractivity contribution in [2.45, 2.75) is 26.2 Å². The summed E-state index contributed by atoms with van der Waals surface area (Å²) < 4.78 is 0. The van der Waals surface area contributed by atoms with Crippen LogP contribution in [0.4, 0.5) is 10.5 Å². The maximum absolute atomic E-state index is 11.5. The summed E-state index contributed by atoms with van der Waals surface area (Å²) in [6, 6.07) is 2.46. The van der Waals surface area contributed by atoms with Gasteiger partial charge < -0.3 is 15.7 Å². The number of phenols is 1. The zero-order chi connectivity index (χ0) is 13.5. The van der Waals surface area contributed by atoms with E-state index < -0.39 is 0 Å². The molecule has 0 bridgehead atoms. The fourth-order valence-corrected chi connectivity index (χ4v) is 1.90. The normalized spacial score (nSPS) is 10.2. The van der Waals surface area contributed by atoms with Crippen LogP contribution in [0.3, 0.4) is 0 Å². The molecule has 0 aliphatic heterocycles. The second-order valence-electron chi connectivity index (χ2n) is 3.87. The first-order valence-electron chi connectivity index (χ1n) is 5.77. The van der Waals surface area contributed by atoms with Crippen LogP contribution in [0.25, 0.3) is 0 Å². The highest BCUT2D eigenvalue weighted by Gasteiger charge is 2.10. The van der Waals surface area contributed by atoms with Gasteiger partial charge in [0.05, 0.1) is 10.7 Å². The lowest BCUT2D eigenvalue weighted by Crippen LogP contribution is -2.29. The van der Waals surface area contributed by atoms with E-state index in [4.69, 9.17) is 23.2 Å². The van der Waals surface area contributed by atoms with Gasteiger partial charge in [-0.05, 0) is 18.6 Å². The third-order valence-corrected chi connectivity index (χ3v) is 2.85. The maximum atomic E-state index is 11.5. The predicted octanol–water partition coefficient (Wildman–Crippen LogP) is 4.01. The van der Waals surface area contributed by atoms with Crippen molar-refractivity contribution < 1.29 is 9.90 Å². The fourth-order valence-electron chi connectivity index (χ4n) is 1.40. The molecule has 0 fully saturated rings. The Morgan fingerprint density at radius 2 is 2.06 bits per heavy atom. The summed E-state index contributed by atoms with van der Waals surface area (Å²) in [6.07, 6.45) is 3.08. The summed E-state index contributed by atoms with van der Waals surface area (Å²) >= 11 is 11.5. The standard InChI is InChI=1S/C12H16Cl2N2O2/c1-2-3-4-5-15-12(18)16-10-7-8(13)6-9(14)11(10)17/h6-7,17H,2-5H2,1H3,(H2,15,16,18). The van der Waals surface area contributed by atoms with Gasteiger partial charge in [0.1, 0.15) is 0 Å². The van der Waals surface area contributed by atoms with E-state index in [0.29, 0.717) is 11.6 Å². The number of halogens is 2. The summed E-state index contributed by atoms with van der Waals surface area (Å²) in [5, 5.41) is 15.3. The molecule has 1 rings (SSSR count). The van der Waals surface area contributed by atoms with Crippen molar-refractivity contribution in [1.29, 1.82) is 0 Å². The molecule has 1 aromatic rings. The third-order valence-electron chi connectivity index (χ3n) is 2.34. The van der Waals surface area contributed by atoms with Crippen molar-refractivity contribution >= 4 is 34.9 Å². The highest BCUT2D eigenvalue weighted by molar-refractivity contribution is 6.36. The number of anilines is 1. The van der Waals surface area contributed by atoms with Gasteiger partial charge >= 0.3 is 6.03 Å². The summed E-state index contributed by atoms with van der Waals surface area (Å²) in [5.41, 5.74) is 0.195. The van der Waals surface area contributed by atoms with E-state index in [2.05, 4.69) is 17.6 Å². The van der Waals surface area contributed by atoms with Gasteiger partial charge in [-0.1, -0.05) is 43.0 Å². The Morgan fingerprint density at radius 1 is 1.33 bits per heavy atom. The average Bonchev–Trinajstić information content (AvgIpc) is 2.31. The van der Waals surface area contributed by atoms with Gasteiger partial charge in [-0.25, -0.2) is 4.79 Å². The summed E-state index contributed by atoms with van der Waals surface area (Å²) in [6.45, 7) is 2.68. The number of unbranched alkanes of at least 4 members (excludes halogenated alkanes) is 2. The van der Waals surface area contributed by atoms with E-state index in [1.54, 1.807) is 0 Å². The Hall–Kier alpha value is -1.13. The molecule has 0 heterocycles. The molecule has 0 saturated heterocycles. The van der Waals surface area contributed by atoms with Crippen LogP contribution in [0, 0.1) is 0 Å². The van der Waals surface area contributed by atoms with Gasteiger partial charge in [0.2, 0.25) is 0 Å². The first-order valence-corrected chi connectivity index (χ1v) is 6.53. The van der Waals surface area contributed by atoms with Crippen molar-refractivity contribution in [1.82, 2.24) is 5.32 Å². The van der Waals surface area contributed by atoms with E-state index in [0.717, 1.165) is 19.3 Å². The van der Waals surface area contributed by atoms with Gasteiger partial charge in [0, 0.05) is 11.6 Å². The topological polar surface area (TPSA) is 61.4 Å². The minimum Gasteiger partial charge on any atom is -0.504 e. The minimum atomic E-state index is -0.389. The van der Waals surface area contributed by atoms with Gasteiger partial charge in [-0.2, -0.15) is 0 Å². The Labute approximate surface area is 116 Å². The van der Waals surface area contributed by atoms with Crippen LogP contribution in [0.5, 0.6) is 5.75 Å². The lowest BCUT2D eigenvalue weighted by Gasteiger charge is -2.10.